The van der Waals surface area contributed by atoms with Crippen molar-refractivity contribution in [3.05, 3.63) is 29.6 Å². The highest BCUT2D eigenvalue weighted by Crippen LogP contribution is 2.07. The van der Waals surface area contributed by atoms with Gasteiger partial charge in [-0.25, -0.2) is 0 Å². The largest absolute Gasteiger partial charge is 0.295 e. The summed E-state index contributed by atoms with van der Waals surface area (Å²) in [6.07, 6.45) is 0. The number of nitriles is 1. The zero-order valence-electron chi connectivity index (χ0n) is 10.3. The van der Waals surface area contributed by atoms with Crippen molar-refractivity contribution in [1.82, 2.24) is 14.8 Å². The van der Waals surface area contributed by atoms with Gasteiger partial charge in [-0.3, -0.25) is 14.8 Å². The highest BCUT2D eigenvalue weighted by atomic mass is 15.3. The van der Waals surface area contributed by atoms with Crippen molar-refractivity contribution in [2.75, 3.05) is 32.7 Å². The number of piperazine rings is 1. The fourth-order valence-electron chi connectivity index (χ4n) is 2.12. The minimum Gasteiger partial charge on any atom is -0.295 e. The highest BCUT2D eigenvalue weighted by molar-refractivity contribution is 5.09. The average Bonchev–Trinajstić information content (AvgIpc) is 2.32. The Labute approximate surface area is 102 Å². The first kappa shape index (κ1) is 12.0. The topological polar surface area (TPSA) is 43.2 Å². The fourth-order valence-corrected chi connectivity index (χ4v) is 2.12. The maximum absolute atomic E-state index is 8.63. The van der Waals surface area contributed by atoms with Crippen molar-refractivity contribution in [2.24, 2.45) is 0 Å². The van der Waals surface area contributed by atoms with Crippen LogP contribution in [-0.4, -0.2) is 47.5 Å². The Morgan fingerprint density at radius 3 is 2.59 bits per heavy atom. The van der Waals surface area contributed by atoms with Crippen LogP contribution in [0.4, 0.5) is 0 Å². The third-order valence-corrected chi connectivity index (χ3v) is 3.09. The summed E-state index contributed by atoms with van der Waals surface area (Å²) in [5, 5.41) is 8.63. The van der Waals surface area contributed by atoms with Crippen molar-refractivity contribution < 1.29 is 0 Å². The van der Waals surface area contributed by atoms with Crippen LogP contribution in [0.2, 0.25) is 0 Å². The molecule has 17 heavy (non-hydrogen) atoms. The highest BCUT2D eigenvalue weighted by Gasteiger charge is 2.16. The molecule has 0 saturated carbocycles. The van der Waals surface area contributed by atoms with E-state index in [0.29, 0.717) is 6.54 Å². The Hall–Kier alpha value is -1.44. The lowest BCUT2D eigenvalue weighted by atomic mass is 10.2. The molecule has 2 heterocycles. The van der Waals surface area contributed by atoms with Crippen LogP contribution in [0, 0.1) is 18.3 Å². The van der Waals surface area contributed by atoms with Crippen molar-refractivity contribution in [2.45, 2.75) is 13.5 Å². The molecule has 0 bridgehead atoms. The molecule has 0 amide bonds. The van der Waals surface area contributed by atoms with Crippen LogP contribution in [-0.2, 0) is 6.54 Å². The van der Waals surface area contributed by atoms with Crippen molar-refractivity contribution in [3.63, 3.8) is 0 Å². The Kier molecular flexibility index (Phi) is 4.08. The van der Waals surface area contributed by atoms with E-state index >= 15 is 0 Å². The van der Waals surface area contributed by atoms with Crippen LogP contribution in [0.15, 0.2) is 18.2 Å². The number of hydrogen-bond acceptors (Lipinski definition) is 4. The molecule has 4 heteroatoms. The molecule has 90 valence electrons. The molecule has 0 aliphatic carbocycles. The number of pyridine rings is 1. The second-order valence-electron chi connectivity index (χ2n) is 4.48. The van der Waals surface area contributed by atoms with E-state index in [-0.39, 0.29) is 0 Å². The lowest BCUT2D eigenvalue weighted by Gasteiger charge is -2.33. The number of aromatic nitrogens is 1. The summed E-state index contributed by atoms with van der Waals surface area (Å²) >= 11 is 0. The molecular formula is C13H18N4. The van der Waals surface area contributed by atoms with Gasteiger partial charge in [-0.15, -0.1) is 0 Å². The van der Waals surface area contributed by atoms with Crippen LogP contribution in [0.5, 0.6) is 0 Å². The van der Waals surface area contributed by atoms with Gasteiger partial charge in [0.25, 0.3) is 0 Å². The number of rotatable bonds is 3. The minimum atomic E-state index is 0.552. The molecule has 0 spiro atoms. The number of hydrogen-bond donors (Lipinski definition) is 0. The second kappa shape index (κ2) is 5.76. The third kappa shape index (κ3) is 3.52. The van der Waals surface area contributed by atoms with Crippen molar-refractivity contribution in [3.8, 4) is 6.07 Å². The van der Waals surface area contributed by atoms with Crippen LogP contribution in [0.25, 0.3) is 0 Å². The summed E-state index contributed by atoms with van der Waals surface area (Å²) in [6, 6.07) is 8.36. The van der Waals surface area contributed by atoms with Gasteiger partial charge >= 0.3 is 0 Å². The van der Waals surface area contributed by atoms with Crippen molar-refractivity contribution in [1.29, 1.82) is 5.26 Å². The molecule has 1 saturated heterocycles. The smallest absolute Gasteiger partial charge is 0.0866 e. The van der Waals surface area contributed by atoms with E-state index in [1.807, 2.05) is 13.0 Å². The molecule has 1 aromatic heterocycles. The molecule has 0 aromatic carbocycles. The quantitative estimate of drug-likeness (QED) is 0.727. The van der Waals surface area contributed by atoms with E-state index in [2.05, 4.69) is 33.0 Å². The zero-order valence-corrected chi connectivity index (χ0v) is 10.3. The first-order chi connectivity index (χ1) is 8.28. The molecule has 1 aromatic rings. The minimum absolute atomic E-state index is 0.552. The molecule has 0 radical (unpaired) electrons. The lowest BCUT2D eigenvalue weighted by Crippen LogP contribution is -2.45. The number of aryl methyl sites for hydroxylation is 1. The first-order valence-electron chi connectivity index (χ1n) is 6.02. The Morgan fingerprint density at radius 1 is 1.24 bits per heavy atom. The maximum atomic E-state index is 8.63. The van der Waals surface area contributed by atoms with Crippen LogP contribution in [0.1, 0.15) is 11.4 Å². The first-order valence-corrected chi connectivity index (χ1v) is 6.02. The molecule has 0 N–H and O–H groups in total. The Morgan fingerprint density at radius 2 is 1.94 bits per heavy atom. The van der Waals surface area contributed by atoms with Crippen molar-refractivity contribution >= 4 is 0 Å². The standard InChI is InChI=1S/C13H18N4/c1-12-3-2-4-13(15-12)11-17-9-7-16(6-5-14)8-10-17/h2-4H,6-11H2,1H3. The van der Waals surface area contributed by atoms with E-state index in [0.717, 1.165) is 44.1 Å². The third-order valence-electron chi connectivity index (χ3n) is 3.09. The fraction of sp³-hybridized carbons (Fsp3) is 0.538. The monoisotopic (exact) mass is 230 g/mol. The Balaban J connectivity index is 1.84. The summed E-state index contributed by atoms with van der Waals surface area (Å²) in [5.41, 5.74) is 2.21. The maximum Gasteiger partial charge on any atom is 0.0866 e. The van der Waals surface area contributed by atoms with Gasteiger partial charge in [0.2, 0.25) is 0 Å². The normalized spacial score (nSPS) is 17.9. The van der Waals surface area contributed by atoms with Gasteiger partial charge in [0.05, 0.1) is 18.3 Å². The predicted molar refractivity (Wildman–Crippen MR) is 66.3 cm³/mol. The molecular weight excluding hydrogens is 212 g/mol. The molecule has 2 rings (SSSR count). The number of nitrogens with zero attached hydrogens (tertiary/aromatic N) is 4. The molecule has 4 nitrogen and oxygen atoms in total. The van der Waals surface area contributed by atoms with Crippen LogP contribution in [0.3, 0.4) is 0 Å². The Bertz CT molecular complexity index is 402. The van der Waals surface area contributed by atoms with E-state index < -0.39 is 0 Å². The van der Waals surface area contributed by atoms with Gasteiger partial charge in [-0.05, 0) is 19.1 Å². The second-order valence-corrected chi connectivity index (χ2v) is 4.48. The van der Waals surface area contributed by atoms with Crippen LogP contribution < -0.4 is 0 Å². The summed E-state index contributed by atoms with van der Waals surface area (Å²) in [5.74, 6) is 0. The lowest BCUT2D eigenvalue weighted by molar-refractivity contribution is 0.137. The SMILES string of the molecule is Cc1cccc(CN2CCN(CC#N)CC2)n1. The van der Waals surface area contributed by atoms with E-state index in [1.165, 1.54) is 0 Å². The van der Waals surface area contributed by atoms with Gasteiger partial charge in [0.1, 0.15) is 0 Å². The summed E-state index contributed by atoms with van der Waals surface area (Å²) in [7, 11) is 0. The summed E-state index contributed by atoms with van der Waals surface area (Å²) in [4.78, 5) is 9.11. The van der Waals surface area contributed by atoms with Gasteiger partial charge < -0.3 is 0 Å². The van der Waals surface area contributed by atoms with E-state index in [4.69, 9.17) is 5.26 Å². The predicted octanol–water partition coefficient (Wildman–Crippen LogP) is 1.03. The molecule has 0 unspecified atom stereocenters. The van der Waals surface area contributed by atoms with E-state index in [1.54, 1.807) is 0 Å². The van der Waals surface area contributed by atoms with Gasteiger partial charge in [0.15, 0.2) is 0 Å². The molecule has 1 fully saturated rings. The van der Waals surface area contributed by atoms with Gasteiger partial charge in [0, 0.05) is 38.4 Å². The molecule has 1 aliphatic rings. The van der Waals surface area contributed by atoms with Gasteiger partial charge in [-0.1, -0.05) is 6.07 Å². The summed E-state index contributed by atoms with van der Waals surface area (Å²) < 4.78 is 0. The molecule has 0 atom stereocenters. The van der Waals surface area contributed by atoms with E-state index in [9.17, 15) is 0 Å². The average molecular weight is 230 g/mol. The van der Waals surface area contributed by atoms with Gasteiger partial charge in [-0.2, -0.15) is 5.26 Å². The van der Waals surface area contributed by atoms with Crippen LogP contribution >= 0.6 is 0 Å². The molecule has 1 aliphatic heterocycles. The summed E-state index contributed by atoms with van der Waals surface area (Å²) in [6.45, 7) is 7.51. The zero-order chi connectivity index (χ0) is 12.1.